The average molecular weight is 344 g/mol. The van der Waals surface area contributed by atoms with Crippen molar-refractivity contribution in [2.75, 3.05) is 39.8 Å². The lowest BCUT2D eigenvalue weighted by atomic mass is 9.96. The van der Waals surface area contributed by atoms with Crippen LogP contribution in [0.1, 0.15) is 37.7 Å². The Morgan fingerprint density at radius 2 is 2.08 bits per heavy atom. The van der Waals surface area contributed by atoms with Gasteiger partial charge in [0.25, 0.3) is 0 Å². The number of aliphatic imine (C=N–C) groups is 1. The number of guanidine groups is 1. The second-order valence-electron chi connectivity index (χ2n) is 7.82. The van der Waals surface area contributed by atoms with E-state index in [9.17, 15) is 4.39 Å². The predicted octanol–water partition coefficient (Wildman–Crippen LogP) is 2.60. The molecule has 1 aromatic carbocycles. The summed E-state index contributed by atoms with van der Waals surface area (Å²) < 4.78 is 13.6. The summed E-state index contributed by atoms with van der Waals surface area (Å²) in [6.07, 6.45) is 6.17. The van der Waals surface area contributed by atoms with E-state index >= 15 is 0 Å². The Labute approximate surface area is 150 Å². The molecule has 4 nitrogen and oxygen atoms in total. The summed E-state index contributed by atoms with van der Waals surface area (Å²) in [5.41, 5.74) is 1.21. The molecule has 1 aromatic rings. The van der Waals surface area contributed by atoms with Crippen LogP contribution >= 0.6 is 0 Å². The summed E-state index contributed by atoms with van der Waals surface area (Å²) in [7, 11) is 1.87. The number of nitrogens with zero attached hydrogens (tertiary/aromatic N) is 3. The van der Waals surface area contributed by atoms with E-state index < -0.39 is 0 Å². The maximum Gasteiger partial charge on any atom is 0.193 e. The average Bonchev–Trinajstić information content (AvgIpc) is 3.02. The van der Waals surface area contributed by atoms with Crippen molar-refractivity contribution in [1.82, 2.24) is 15.1 Å². The van der Waals surface area contributed by atoms with Crippen LogP contribution in [0.2, 0.25) is 0 Å². The fourth-order valence-corrected chi connectivity index (χ4v) is 4.46. The van der Waals surface area contributed by atoms with E-state index in [1.54, 1.807) is 6.07 Å². The summed E-state index contributed by atoms with van der Waals surface area (Å²) in [5, 5.41) is 3.58. The Balaban J connectivity index is 1.35. The fourth-order valence-electron chi connectivity index (χ4n) is 4.46. The molecule has 136 valence electrons. The Bertz CT molecular complexity index is 634. The molecule has 1 aliphatic carbocycles. The van der Waals surface area contributed by atoms with E-state index in [1.165, 1.54) is 38.4 Å². The van der Waals surface area contributed by atoms with Gasteiger partial charge in [-0.25, -0.2) is 4.39 Å². The van der Waals surface area contributed by atoms with Gasteiger partial charge in [0.2, 0.25) is 0 Å². The van der Waals surface area contributed by atoms with Gasteiger partial charge in [-0.05, 0) is 62.9 Å². The highest BCUT2D eigenvalue weighted by atomic mass is 19.1. The molecule has 1 saturated carbocycles. The number of hydrogen-bond donors (Lipinski definition) is 1. The fraction of sp³-hybridized carbons (Fsp3) is 0.650. The Kier molecular flexibility index (Phi) is 4.67. The highest BCUT2D eigenvalue weighted by Gasteiger charge is 2.44. The van der Waals surface area contributed by atoms with Gasteiger partial charge >= 0.3 is 0 Å². The van der Waals surface area contributed by atoms with Crippen LogP contribution < -0.4 is 5.32 Å². The molecule has 1 unspecified atom stereocenters. The number of hydrogen-bond acceptors (Lipinski definition) is 2. The Morgan fingerprint density at radius 3 is 2.76 bits per heavy atom. The van der Waals surface area contributed by atoms with Gasteiger partial charge in [0.15, 0.2) is 5.96 Å². The quantitative estimate of drug-likeness (QED) is 0.673. The minimum absolute atomic E-state index is 0.0894. The molecule has 0 aromatic heterocycles. The van der Waals surface area contributed by atoms with Crippen molar-refractivity contribution in [2.24, 2.45) is 4.99 Å². The minimum atomic E-state index is -0.138. The first-order valence-electron chi connectivity index (χ1n) is 9.66. The van der Waals surface area contributed by atoms with Gasteiger partial charge in [0.05, 0.1) is 0 Å². The zero-order chi connectivity index (χ0) is 17.3. The van der Waals surface area contributed by atoms with E-state index in [2.05, 4.69) is 26.2 Å². The molecule has 5 heteroatoms. The van der Waals surface area contributed by atoms with Crippen molar-refractivity contribution in [2.45, 2.75) is 43.6 Å². The van der Waals surface area contributed by atoms with E-state index in [-0.39, 0.29) is 11.2 Å². The van der Waals surface area contributed by atoms with Gasteiger partial charge in [-0.1, -0.05) is 12.1 Å². The minimum Gasteiger partial charge on any atom is -0.355 e. The van der Waals surface area contributed by atoms with Crippen molar-refractivity contribution in [3.63, 3.8) is 0 Å². The lowest BCUT2D eigenvalue weighted by molar-refractivity contribution is 0.249. The van der Waals surface area contributed by atoms with Crippen LogP contribution in [-0.4, -0.2) is 61.6 Å². The van der Waals surface area contributed by atoms with Crippen LogP contribution in [-0.2, 0) is 5.41 Å². The first-order chi connectivity index (χ1) is 12.2. The predicted molar refractivity (Wildman–Crippen MR) is 99.5 cm³/mol. The summed E-state index contributed by atoms with van der Waals surface area (Å²) in [6, 6.07) is 7.77. The third kappa shape index (κ3) is 3.52. The Morgan fingerprint density at radius 1 is 1.28 bits per heavy atom. The second-order valence-corrected chi connectivity index (χ2v) is 7.82. The molecule has 0 radical (unpaired) electrons. The van der Waals surface area contributed by atoms with Crippen LogP contribution in [0.15, 0.2) is 29.3 Å². The van der Waals surface area contributed by atoms with Crippen LogP contribution in [0.3, 0.4) is 0 Å². The molecule has 3 fully saturated rings. The lowest BCUT2D eigenvalue weighted by Crippen LogP contribution is -2.44. The third-order valence-corrected chi connectivity index (χ3v) is 6.21. The molecule has 2 heterocycles. The SMILES string of the molecule is CN=C(NCC1(c2cccc(F)c2)CC1)N1CCC(N2CCCC2)C1. The normalized spacial score (nSPS) is 26.2. The van der Waals surface area contributed by atoms with Gasteiger partial charge in [0, 0.05) is 38.1 Å². The van der Waals surface area contributed by atoms with Crippen molar-refractivity contribution < 1.29 is 4.39 Å². The number of benzene rings is 1. The van der Waals surface area contributed by atoms with E-state index in [4.69, 9.17) is 0 Å². The number of nitrogens with one attached hydrogen (secondary N) is 1. The molecule has 1 N–H and O–H groups in total. The molecule has 3 aliphatic rings. The number of rotatable bonds is 4. The molecule has 25 heavy (non-hydrogen) atoms. The van der Waals surface area contributed by atoms with Gasteiger partial charge in [-0.15, -0.1) is 0 Å². The standard InChI is InChI=1S/C20H29FN4/c1-22-19(25-12-7-18(14-25)24-10-2-3-11-24)23-15-20(8-9-20)16-5-4-6-17(21)13-16/h4-6,13,18H,2-3,7-12,14-15H2,1H3,(H,22,23). The summed E-state index contributed by atoms with van der Waals surface area (Å²) >= 11 is 0. The number of halogens is 1. The maximum absolute atomic E-state index is 13.6. The zero-order valence-electron chi connectivity index (χ0n) is 15.2. The van der Waals surface area contributed by atoms with E-state index in [1.807, 2.05) is 13.1 Å². The molecular weight excluding hydrogens is 315 g/mol. The smallest absolute Gasteiger partial charge is 0.193 e. The van der Waals surface area contributed by atoms with Crippen LogP contribution in [0.4, 0.5) is 4.39 Å². The van der Waals surface area contributed by atoms with Crippen molar-refractivity contribution >= 4 is 5.96 Å². The van der Waals surface area contributed by atoms with Gasteiger partial charge in [-0.2, -0.15) is 0 Å². The maximum atomic E-state index is 13.6. The largest absolute Gasteiger partial charge is 0.355 e. The molecule has 1 atom stereocenters. The molecule has 2 aliphatic heterocycles. The molecule has 0 amide bonds. The zero-order valence-corrected chi connectivity index (χ0v) is 15.2. The first-order valence-corrected chi connectivity index (χ1v) is 9.66. The van der Waals surface area contributed by atoms with Crippen LogP contribution in [0.5, 0.6) is 0 Å². The van der Waals surface area contributed by atoms with Crippen molar-refractivity contribution in [3.8, 4) is 0 Å². The topological polar surface area (TPSA) is 30.9 Å². The highest BCUT2D eigenvalue weighted by Crippen LogP contribution is 2.47. The van der Waals surface area contributed by atoms with E-state index in [0.29, 0.717) is 6.04 Å². The molecule has 2 saturated heterocycles. The summed E-state index contributed by atoms with van der Waals surface area (Å²) in [5.74, 6) is 0.866. The monoisotopic (exact) mass is 344 g/mol. The van der Waals surface area contributed by atoms with E-state index in [0.717, 1.165) is 44.0 Å². The van der Waals surface area contributed by atoms with Gasteiger partial charge in [0.1, 0.15) is 5.82 Å². The van der Waals surface area contributed by atoms with Gasteiger partial charge in [-0.3, -0.25) is 9.89 Å². The van der Waals surface area contributed by atoms with Gasteiger partial charge < -0.3 is 10.2 Å². The summed E-state index contributed by atoms with van der Waals surface area (Å²) in [4.78, 5) is 9.55. The second kappa shape index (κ2) is 6.94. The molecular formula is C20H29FN4. The third-order valence-electron chi connectivity index (χ3n) is 6.21. The van der Waals surface area contributed by atoms with Crippen molar-refractivity contribution in [3.05, 3.63) is 35.6 Å². The van der Waals surface area contributed by atoms with Crippen LogP contribution in [0, 0.1) is 5.82 Å². The molecule has 0 spiro atoms. The molecule has 4 rings (SSSR count). The summed E-state index contributed by atoms with van der Waals surface area (Å²) in [6.45, 7) is 5.51. The lowest BCUT2D eigenvalue weighted by Gasteiger charge is -2.26. The van der Waals surface area contributed by atoms with Crippen LogP contribution in [0.25, 0.3) is 0 Å². The first kappa shape index (κ1) is 16.8. The number of likely N-dealkylation sites (tertiary alicyclic amines) is 2. The highest BCUT2D eigenvalue weighted by molar-refractivity contribution is 5.80. The van der Waals surface area contributed by atoms with Crippen molar-refractivity contribution in [1.29, 1.82) is 0 Å². The Hall–Kier alpha value is -1.62. The molecule has 0 bridgehead atoms.